The largest absolute Gasteiger partial charge is 0.481 e. The van der Waals surface area contributed by atoms with Crippen molar-refractivity contribution in [2.24, 2.45) is 0 Å². The van der Waals surface area contributed by atoms with Gasteiger partial charge in [-0.1, -0.05) is 11.6 Å². The molecule has 0 radical (unpaired) electrons. The summed E-state index contributed by atoms with van der Waals surface area (Å²) in [5.74, 6) is -0.906. The Hall–Kier alpha value is -1.03. The average molecular weight is 175 g/mol. The molecule has 4 nitrogen and oxygen atoms in total. The van der Waals surface area contributed by atoms with Crippen LogP contribution in [0.2, 0.25) is 5.15 Å². The van der Waals surface area contributed by atoms with E-state index in [2.05, 4.69) is 10.2 Å². The summed E-state index contributed by atoms with van der Waals surface area (Å²) in [7, 11) is 0. The zero-order valence-corrected chi connectivity index (χ0v) is 6.64. The van der Waals surface area contributed by atoms with Crippen LogP contribution in [-0.4, -0.2) is 21.3 Å². The third-order valence-corrected chi connectivity index (χ3v) is 1.66. The number of hydrogen-bond donors (Lipinski definition) is 2. The van der Waals surface area contributed by atoms with Crippen LogP contribution in [0.5, 0.6) is 0 Å². The fourth-order valence-corrected chi connectivity index (χ4v) is 1.03. The van der Waals surface area contributed by atoms with E-state index in [-0.39, 0.29) is 11.6 Å². The van der Waals surface area contributed by atoms with Gasteiger partial charge in [-0.2, -0.15) is 5.10 Å². The van der Waals surface area contributed by atoms with Crippen molar-refractivity contribution < 1.29 is 9.90 Å². The quantitative estimate of drug-likeness (QED) is 0.703. The molecule has 0 fully saturated rings. The Morgan fingerprint density at radius 2 is 2.45 bits per heavy atom. The van der Waals surface area contributed by atoms with Gasteiger partial charge < -0.3 is 5.11 Å². The van der Waals surface area contributed by atoms with E-state index in [0.29, 0.717) is 11.3 Å². The number of aryl methyl sites for hydroxylation is 1. The van der Waals surface area contributed by atoms with Crippen molar-refractivity contribution in [3.63, 3.8) is 0 Å². The van der Waals surface area contributed by atoms with Gasteiger partial charge in [0.15, 0.2) is 5.15 Å². The van der Waals surface area contributed by atoms with E-state index < -0.39 is 5.97 Å². The topological polar surface area (TPSA) is 66.0 Å². The minimum absolute atomic E-state index is 0.0822. The lowest BCUT2D eigenvalue weighted by atomic mass is 10.2. The van der Waals surface area contributed by atoms with Gasteiger partial charge in [0, 0.05) is 11.3 Å². The minimum Gasteiger partial charge on any atom is -0.481 e. The molecular weight excluding hydrogens is 168 g/mol. The molecule has 0 aromatic carbocycles. The number of rotatable bonds is 2. The lowest BCUT2D eigenvalue weighted by Gasteiger charge is -1.92. The number of aromatic amines is 1. The first-order valence-corrected chi connectivity index (χ1v) is 3.40. The summed E-state index contributed by atoms with van der Waals surface area (Å²) in [6.07, 6.45) is -0.0822. The van der Waals surface area contributed by atoms with Crippen LogP contribution < -0.4 is 0 Å². The Balaban J connectivity index is 2.92. The van der Waals surface area contributed by atoms with Gasteiger partial charge in [0.25, 0.3) is 0 Å². The summed E-state index contributed by atoms with van der Waals surface area (Å²) in [6.45, 7) is 1.73. The van der Waals surface area contributed by atoms with Crippen molar-refractivity contribution in [3.8, 4) is 0 Å². The molecular formula is C6H7ClN2O2. The first kappa shape index (κ1) is 8.07. The molecule has 1 aromatic heterocycles. The molecule has 5 heteroatoms. The van der Waals surface area contributed by atoms with Crippen LogP contribution in [0.15, 0.2) is 0 Å². The van der Waals surface area contributed by atoms with Gasteiger partial charge >= 0.3 is 5.97 Å². The van der Waals surface area contributed by atoms with Crippen LogP contribution in [0.4, 0.5) is 0 Å². The SMILES string of the molecule is Cc1[nH]nc(Cl)c1CC(=O)O. The summed E-state index contributed by atoms with van der Waals surface area (Å²) in [5.41, 5.74) is 1.26. The number of halogens is 1. The third-order valence-electron chi connectivity index (χ3n) is 1.35. The van der Waals surface area contributed by atoms with Gasteiger partial charge in [0.1, 0.15) is 0 Å². The van der Waals surface area contributed by atoms with Crippen LogP contribution in [0.25, 0.3) is 0 Å². The second-order valence-corrected chi connectivity index (χ2v) is 2.55. The van der Waals surface area contributed by atoms with Gasteiger partial charge in [0.2, 0.25) is 0 Å². The smallest absolute Gasteiger partial charge is 0.308 e. The summed E-state index contributed by atoms with van der Waals surface area (Å²) >= 11 is 5.58. The maximum absolute atomic E-state index is 10.3. The Kier molecular flexibility index (Phi) is 2.14. The number of nitrogens with one attached hydrogen (secondary N) is 1. The highest BCUT2D eigenvalue weighted by Crippen LogP contribution is 2.15. The molecule has 0 aliphatic heterocycles. The monoisotopic (exact) mass is 174 g/mol. The number of hydrogen-bond acceptors (Lipinski definition) is 2. The fourth-order valence-electron chi connectivity index (χ4n) is 0.779. The summed E-state index contributed by atoms with van der Waals surface area (Å²) in [4.78, 5) is 10.3. The number of aromatic nitrogens is 2. The second kappa shape index (κ2) is 2.92. The molecule has 0 saturated heterocycles. The predicted octanol–water partition coefficient (Wildman–Crippen LogP) is 0.999. The normalized spacial score (nSPS) is 10.0. The standard InChI is InChI=1S/C6H7ClN2O2/c1-3-4(2-5(10)11)6(7)9-8-3/h2H2,1H3,(H,8,9)(H,10,11). The van der Waals surface area contributed by atoms with Gasteiger partial charge in [-0.05, 0) is 6.92 Å². The molecule has 0 unspecified atom stereocenters. The number of aliphatic carboxylic acids is 1. The Morgan fingerprint density at radius 1 is 1.82 bits per heavy atom. The molecule has 0 saturated carbocycles. The van der Waals surface area contributed by atoms with Crippen molar-refractivity contribution in [2.45, 2.75) is 13.3 Å². The molecule has 0 aliphatic carbocycles. The molecule has 1 rings (SSSR count). The third kappa shape index (κ3) is 1.71. The molecule has 0 atom stereocenters. The molecule has 0 aliphatic rings. The van der Waals surface area contributed by atoms with E-state index in [9.17, 15) is 4.79 Å². The predicted molar refractivity (Wildman–Crippen MR) is 39.7 cm³/mol. The maximum Gasteiger partial charge on any atom is 0.308 e. The van der Waals surface area contributed by atoms with E-state index in [0.717, 1.165) is 0 Å². The molecule has 0 spiro atoms. The van der Waals surface area contributed by atoms with Crippen molar-refractivity contribution in [2.75, 3.05) is 0 Å². The lowest BCUT2D eigenvalue weighted by Crippen LogP contribution is -2.00. The van der Waals surface area contributed by atoms with E-state index in [1.54, 1.807) is 6.92 Å². The van der Waals surface area contributed by atoms with E-state index in [4.69, 9.17) is 16.7 Å². The highest BCUT2D eigenvalue weighted by Gasteiger charge is 2.10. The van der Waals surface area contributed by atoms with Gasteiger partial charge in [0.05, 0.1) is 6.42 Å². The summed E-state index contributed by atoms with van der Waals surface area (Å²) in [6, 6.07) is 0. The number of H-pyrrole nitrogens is 1. The second-order valence-electron chi connectivity index (χ2n) is 2.19. The number of nitrogens with zero attached hydrogens (tertiary/aromatic N) is 1. The van der Waals surface area contributed by atoms with Crippen molar-refractivity contribution in [1.82, 2.24) is 10.2 Å². The highest BCUT2D eigenvalue weighted by molar-refractivity contribution is 6.30. The van der Waals surface area contributed by atoms with Crippen LogP contribution >= 0.6 is 11.6 Å². The Labute approximate surface area is 68.2 Å². The summed E-state index contributed by atoms with van der Waals surface area (Å²) in [5, 5.41) is 14.9. The Morgan fingerprint density at radius 3 is 2.82 bits per heavy atom. The Bertz CT molecular complexity index is 263. The van der Waals surface area contributed by atoms with Crippen LogP contribution in [0, 0.1) is 6.92 Å². The molecule has 0 bridgehead atoms. The zero-order valence-electron chi connectivity index (χ0n) is 5.89. The number of carbonyl (C=O) groups is 1. The first-order valence-electron chi connectivity index (χ1n) is 3.02. The fraction of sp³-hybridized carbons (Fsp3) is 0.333. The summed E-state index contributed by atoms with van der Waals surface area (Å²) < 4.78 is 0. The molecule has 1 heterocycles. The van der Waals surface area contributed by atoms with Gasteiger partial charge in [-0.3, -0.25) is 9.89 Å². The van der Waals surface area contributed by atoms with Gasteiger partial charge in [-0.15, -0.1) is 0 Å². The maximum atomic E-state index is 10.3. The molecule has 60 valence electrons. The van der Waals surface area contributed by atoms with Gasteiger partial charge in [-0.25, -0.2) is 0 Å². The highest BCUT2D eigenvalue weighted by atomic mass is 35.5. The van der Waals surface area contributed by atoms with Crippen LogP contribution in [-0.2, 0) is 11.2 Å². The first-order chi connectivity index (χ1) is 5.11. The van der Waals surface area contributed by atoms with Crippen molar-refractivity contribution >= 4 is 17.6 Å². The number of carboxylic acid groups (broad SMARTS) is 1. The van der Waals surface area contributed by atoms with Crippen LogP contribution in [0.1, 0.15) is 11.3 Å². The molecule has 2 N–H and O–H groups in total. The molecule has 1 aromatic rings. The van der Waals surface area contributed by atoms with E-state index >= 15 is 0 Å². The lowest BCUT2D eigenvalue weighted by molar-refractivity contribution is -0.136. The van der Waals surface area contributed by atoms with Crippen LogP contribution in [0.3, 0.4) is 0 Å². The average Bonchev–Trinajstić information content (AvgIpc) is 2.18. The number of carboxylic acids is 1. The van der Waals surface area contributed by atoms with Crippen molar-refractivity contribution in [3.05, 3.63) is 16.4 Å². The molecule has 11 heavy (non-hydrogen) atoms. The molecule has 0 amide bonds. The van der Waals surface area contributed by atoms with Crippen molar-refractivity contribution in [1.29, 1.82) is 0 Å². The van der Waals surface area contributed by atoms with E-state index in [1.807, 2.05) is 0 Å². The minimum atomic E-state index is -0.906. The van der Waals surface area contributed by atoms with E-state index in [1.165, 1.54) is 0 Å². The zero-order chi connectivity index (χ0) is 8.43.